The van der Waals surface area contributed by atoms with Crippen molar-refractivity contribution < 1.29 is 9.53 Å². The number of carbonyl (C=O) groups excluding carboxylic acids is 1. The zero-order valence-electron chi connectivity index (χ0n) is 11.2. The zero-order valence-corrected chi connectivity index (χ0v) is 11.2. The highest BCUT2D eigenvalue weighted by atomic mass is 16.5. The molecule has 0 bridgehead atoms. The fraction of sp³-hybridized carbons (Fsp3) is 0.786. The van der Waals surface area contributed by atoms with Crippen molar-refractivity contribution in [1.82, 2.24) is 4.90 Å². The SMILES string of the molecule is C#CCCN(CC1CCCO1)C(=O)C(C)(C)C. The third kappa shape index (κ3) is 4.40. The van der Waals surface area contributed by atoms with Crippen molar-refractivity contribution in [1.29, 1.82) is 0 Å². The van der Waals surface area contributed by atoms with Crippen LogP contribution in [-0.2, 0) is 9.53 Å². The number of hydrogen-bond donors (Lipinski definition) is 0. The molecule has 17 heavy (non-hydrogen) atoms. The van der Waals surface area contributed by atoms with Gasteiger partial charge >= 0.3 is 0 Å². The Labute approximate surface area is 105 Å². The molecular weight excluding hydrogens is 214 g/mol. The monoisotopic (exact) mass is 237 g/mol. The van der Waals surface area contributed by atoms with Gasteiger partial charge in [-0.2, -0.15) is 0 Å². The minimum absolute atomic E-state index is 0.156. The average molecular weight is 237 g/mol. The van der Waals surface area contributed by atoms with Crippen molar-refractivity contribution in [2.24, 2.45) is 5.41 Å². The largest absolute Gasteiger partial charge is 0.376 e. The molecule has 1 aliphatic heterocycles. The Morgan fingerprint density at radius 1 is 1.53 bits per heavy atom. The lowest BCUT2D eigenvalue weighted by molar-refractivity contribution is -0.141. The van der Waals surface area contributed by atoms with Crippen molar-refractivity contribution in [3.8, 4) is 12.3 Å². The van der Waals surface area contributed by atoms with E-state index in [4.69, 9.17) is 11.2 Å². The highest BCUT2D eigenvalue weighted by molar-refractivity contribution is 5.81. The second kappa shape index (κ2) is 6.07. The molecular formula is C14H23NO2. The molecule has 3 nitrogen and oxygen atoms in total. The van der Waals surface area contributed by atoms with Gasteiger partial charge in [0.15, 0.2) is 0 Å². The van der Waals surface area contributed by atoms with Crippen LogP contribution >= 0.6 is 0 Å². The molecule has 1 rings (SSSR count). The summed E-state index contributed by atoms with van der Waals surface area (Å²) in [5.41, 5.74) is -0.354. The molecule has 0 N–H and O–H groups in total. The molecule has 1 heterocycles. The highest BCUT2D eigenvalue weighted by Gasteiger charge is 2.29. The van der Waals surface area contributed by atoms with Gasteiger partial charge in [-0.25, -0.2) is 0 Å². The van der Waals surface area contributed by atoms with Crippen LogP contribution in [0.2, 0.25) is 0 Å². The lowest BCUT2D eigenvalue weighted by Gasteiger charge is -2.30. The number of amides is 1. The maximum Gasteiger partial charge on any atom is 0.228 e. The predicted molar refractivity (Wildman–Crippen MR) is 68.5 cm³/mol. The van der Waals surface area contributed by atoms with Crippen LogP contribution in [0, 0.1) is 17.8 Å². The van der Waals surface area contributed by atoms with E-state index in [0.29, 0.717) is 19.5 Å². The number of rotatable bonds is 4. The molecule has 96 valence electrons. The molecule has 1 unspecified atom stereocenters. The molecule has 1 atom stereocenters. The summed E-state index contributed by atoms with van der Waals surface area (Å²) in [5.74, 6) is 2.75. The van der Waals surface area contributed by atoms with Crippen LogP contribution in [0.4, 0.5) is 0 Å². The first-order valence-corrected chi connectivity index (χ1v) is 6.29. The fourth-order valence-electron chi connectivity index (χ4n) is 1.98. The van der Waals surface area contributed by atoms with Crippen molar-refractivity contribution in [3.63, 3.8) is 0 Å². The molecule has 0 aliphatic carbocycles. The third-order valence-electron chi connectivity index (χ3n) is 2.90. The minimum Gasteiger partial charge on any atom is -0.376 e. The maximum absolute atomic E-state index is 12.3. The first-order valence-electron chi connectivity index (χ1n) is 6.29. The van der Waals surface area contributed by atoms with Gasteiger partial charge in [0.2, 0.25) is 5.91 Å². The van der Waals surface area contributed by atoms with Gasteiger partial charge in [0.05, 0.1) is 6.10 Å². The highest BCUT2D eigenvalue weighted by Crippen LogP contribution is 2.20. The number of terminal acetylenes is 1. The first kappa shape index (κ1) is 14.1. The predicted octanol–water partition coefficient (Wildman–Crippen LogP) is 2.06. The number of ether oxygens (including phenoxy) is 1. The molecule has 1 saturated heterocycles. The molecule has 0 aromatic heterocycles. The van der Waals surface area contributed by atoms with Gasteiger partial charge < -0.3 is 9.64 Å². The molecule has 0 spiro atoms. The van der Waals surface area contributed by atoms with E-state index in [1.165, 1.54) is 0 Å². The van der Waals surface area contributed by atoms with E-state index in [9.17, 15) is 4.79 Å². The van der Waals surface area contributed by atoms with E-state index in [0.717, 1.165) is 19.4 Å². The van der Waals surface area contributed by atoms with Gasteiger partial charge in [0.25, 0.3) is 0 Å². The van der Waals surface area contributed by atoms with Crippen LogP contribution in [0.5, 0.6) is 0 Å². The van der Waals surface area contributed by atoms with E-state index in [-0.39, 0.29) is 17.4 Å². The van der Waals surface area contributed by atoms with Crippen molar-refractivity contribution >= 4 is 5.91 Å². The molecule has 3 heteroatoms. The molecule has 0 radical (unpaired) electrons. The van der Waals surface area contributed by atoms with Crippen LogP contribution in [0.15, 0.2) is 0 Å². The molecule has 0 aromatic carbocycles. The Balaban J connectivity index is 2.59. The Kier molecular flexibility index (Phi) is 5.02. The lowest BCUT2D eigenvalue weighted by Crippen LogP contribution is -2.43. The summed E-state index contributed by atoms with van der Waals surface area (Å²) >= 11 is 0. The first-order chi connectivity index (χ1) is 7.95. The van der Waals surface area contributed by atoms with E-state index >= 15 is 0 Å². The van der Waals surface area contributed by atoms with E-state index in [1.54, 1.807) is 0 Å². The van der Waals surface area contributed by atoms with Crippen LogP contribution in [0.25, 0.3) is 0 Å². The smallest absolute Gasteiger partial charge is 0.228 e. The summed E-state index contributed by atoms with van der Waals surface area (Å²) in [5, 5.41) is 0. The summed E-state index contributed by atoms with van der Waals surface area (Å²) < 4.78 is 5.58. The van der Waals surface area contributed by atoms with Gasteiger partial charge in [-0.1, -0.05) is 20.8 Å². The van der Waals surface area contributed by atoms with E-state index in [1.807, 2.05) is 25.7 Å². The fourth-order valence-corrected chi connectivity index (χ4v) is 1.98. The average Bonchev–Trinajstić information content (AvgIpc) is 2.74. The molecule has 0 saturated carbocycles. The van der Waals surface area contributed by atoms with Crippen molar-refractivity contribution in [2.75, 3.05) is 19.7 Å². The summed E-state index contributed by atoms with van der Waals surface area (Å²) in [6, 6.07) is 0. The number of nitrogens with zero attached hydrogens (tertiary/aromatic N) is 1. The topological polar surface area (TPSA) is 29.5 Å². The van der Waals surface area contributed by atoms with Gasteiger partial charge in [0.1, 0.15) is 0 Å². The summed E-state index contributed by atoms with van der Waals surface area (Å²) in [6.45, 7) is 7.94. The molecule has 1 amide bonds. The van der Waals surface area contributed by atoms with Crippen molar-refractivity contribution in [3.05, 3.63) is 0 Å². The molecule has 1 fully saturated rings. The van der Waals surface area contributed by atoms with E-state index in [2.05, 4.69) is 5.92 Å². The Morgan fingerprint density at radius 3 is 2.71 bits per heavy atom. The normalized spacial score (nSPS) is 20.0. The van der Waals surface area contributed by atoms with Gasteiger partial charge in [0, 0.05) is 31.5 Å². The van der Waals surface area contributed by atoms with Gasteiger partial charge in [-0.05, 0) is 12.8 Å². The lowest BCUT2D eigenvalue weighted by atomic mass is 9.94. The minimum atomic E-state index is -0.354. The molecule has 0 aromatic rings. The van der Waals surface area contributed by atoms with Crippen molar-refractivity contribution in [2.45, 2.75) is 46.1 Å². The van der Waals surface area contributed by atoms with Gasteiger partial charge in [-0.3, -0.25) is 4.79 Å². The Hall–Kier alpha value is -1.01. The van der Waals surface area contributed by atoms with Crippen LogP contribution in [-0.4, -0.2) is 36.6 Å². The van der Waals surface area contributed by atoms with Gasteiger partial charge in [-0.15, -0.1) is 12.3 Å². The maximum atomic E-state index is 12.3. The second-order valence-corrected chi connectivity index (χ2v) is 5.59. The zero-order chi connectivity index (χ0) is 12.9. The molecule has 1 aliphatic rings. The van der Waals surface area contributed by atoms with Crippen LogP contribution in [0.1, 0.15) is 40.0 Å². The second-order valence-electron chi connectivity index (χ2n) is 5.59. The third-order valence-corrected chi connectivity index (χ3v) is 2.90. The summed E-state index contributed by atoms with van der Waals surface area (Å²) in [6.07, 6.45) is 8.21. The number of carbonyl (C=O) groups is 1. The standard InChI is InChI=1S/C14H23NO2/c1-5-6-9-15(13(16)14(2,3)4)11-12-8-7-10-17-12/h1,12H,6-11H2,2-4H3. The van der Waals surface area contributed by atoms with Crippen LogP contribution in [0.3, 0.4) is 0 Å². The Bertz CT molecular complexity index is 292. The van der Waals surface area contributed by atoms with E-state index < -0.39 is 0 Å². The number of hydrogen-bond acceptors (Lipinski definition) is 2. The van der Waals surface area contributed by atoms with Crippen LogP contribution < -0.4 is 0 Å². The Morgan fingerprint density at radius 2 is 2.24 bits per heavy atom. The summed E-state index contributed by atoms with van der Waals surface area (Å²) in [7, 11) is 0. The summed E-state index contributed by atoms with van der Waals surface area (Å²) in [4.78, 5) is 14.1. The quantitative estimate of drug-likeness (QED) is 0.700.